The highest BCUT2D eigenvalue weighted by Crippen LogP contribution is 2.36. The van der Waals surface area contributed by atoms with Gasteiger partial charge in [0.2, 0.25) is 0 Å². The van der Waals surface area contributed by atoms with Gasteiger partial charge in [0.05, 0.1) is 0 Å². The molecule has 0 radical (unpaired) electrons. The van der Waals surface area contributed by atoms with Crippen molar-refractivity contribution in [3.63, 3.8) is 0 Å². The number of carbonyl (C=O) groups is 1. The molecular weight excluding hydrogens is 276 g/mol. The van der Waals surface area contributed by atoms with Crippen molar-refractivity contribution >= 4 is 6.09 Å². The number of carbonyl (C=O) groups excluding carboxylic acids is 1. The van der Waals surface area contributed by atoms with Gasteiger partial charge in [0, 0.05) is 18.1 Å². The minimum absolute atomic E-state index is 0.254. The molecule has 0 heterocycles. The molecule has 0 aromatic heterocycles. The van der Waals surface area contributed by atoms with Gasteiger partial charge in [-0.3, -0.25) is 0 Å². The summed E-state index contributed by atoms with van der Waals surface area (Å²) in [5, 5.41) is 6.85. The van der Waals surface area contributed by atoms with E-state index in [4.69, 9.17) is 4.74 Å². The predicted molar refractivity (Wildman–Crippen MR) is 90.0 cm³/mol. The number of nitrogens with one attached hydrogen (secondary N) is 2. The Morgan fingerprint density at radius 3 is 2.41 bits per heavy atom. The molecule has 1 amide bonds. The van der Waals surface area contributed by atoms with Crippen molar-refractivity contribution in [2.45, 2.75) is 103 Å². The molecule has 0 bridgehead atoms. The highest BCUT2D eigenvalue weighted by atomic mass is 16.6. The predicted octanol–water partition coefficient (Wildman–Crippen LogP) is 3.99. The minimum Gasteiger partial charge on any atom is -0.444 e. The maximum absolute atomic E-state index is 11.8. The second-order valence-corrected chi connectivity index (χ2v) is 8.98. The van der Waals surface area contributed by atoms with Crippen molar-refractivity contribution in [1.82, 2.24) is 10.6 Å². The summed E-state index contributed by atoms with van der Waals surface area (Å²) in [4.78, 5) is 11.8. The number of rotatable bonds is 3. The minimum atomic E-state index is -0.423. The third-order valence-corrected chi connectivity index (χ3v) is 4.83. The van der Waals surface area contributed by atoms with Gasteiger partial charge in [-0.1, -0.05) is 20.3 Å². The third-order valence-electron chi connectivity index (χ3n) is 4.83. The van der Waals surface area contributed by atoms with Crippen LogP contribution in [0.5, 0.6) is 0 Å². The third kappa shape index (κ3) is 5.79. The number of amides is 1. The van der Waals surface area contributed by atoms with E-state index in [-0.39, 0.29) is 12.1 Å². The molecule has 2 saturated carbocycles. The molecule has 0 aromatic carbocycles. The smallest absolute Gasteiger partial charge is 0.407 e. The monoisotopic (exact) mass is 310 g/mol. The van der Waals surface area contributed by atoms with Gasteiger partial charge in [0.15, 0.2) is 0 Å². The molecule has 3 atom stereocenters. The first-order valence-corrected chi connectivity index (χ1v) is 8.88. The zero-order valence-corrected chi connectivity index (χ0v) is 15.0. The topological polar surface area (TPSA) is 50.4 Å². The maximum Gasteiger partial charge on any atom is 0.407 e. The molecule has 2 rings (SSSR count). The molecule has 128 valence electrons. The van der Waals surface area contributed by atoms with Crippen molar-refractivity contribution in [1.29, 1.82) is 0 Å². The summed E-state index contributed by atoms with van der Waals surface area (Å²) in [6, 6.07) is 1.44. The number of hydrogen-bond donors (Lipinski definition) is 2. The molecule has 22 heavy (non-hydrogen) atoms. The normalized spacial score (nSPS) is 31.8. The first kappa shape index (κ1) is 17.6. The van der Waals surface area contributed by atoms with Crippen molar-refractivity contribution in [2.24, 2.45) is 5.41 Å². The van der Waals surface area contributed by atoms with Gasteiger partial charge in [0.1, 0.15) is 5.60 Å². The Labute approximate surface area is 135 Å². The van der Waals surface area contributed by atoms with E-state index in [2.05, 4.69) is 24.5 Å². The van der Waals surface area contributed by atoms with Crippen molar-refractivity contribution in [3.05, 3.63) is 0 Å². The van der Waals surface area contributed by atoms with E-state index in [0.717, 1.165) is 19.3 Å². The molecule has 0 aromatic rings. The Bertz CT molecular complexity index is 387. The SMILES string of the molecule is CC1(C)CCCC(NC2CCC(NC(=O)OC(C)(C)C)C2)C1. The summed E-state index contributed by atoms with van der Waals surface area (Å²) >= 11 is 0. The van der Waals surface area contributed by atoms with Crippen LogP contribution in [0.3, 0.4) is 0 Å². The van der Waals surface area contributed by atoms with E-state index in [1.165, 1.54) is 25.7 Å². The average molecular weight is 310 g/mol. The molecule has 2 aliphatic rings. The molecule has 0 spiro atoms. The summed E-state index contributed by atoms with van der Waals surface area (Å²) in [6.45, 7) is 10.5. The molecule has 4 nitrogen and oxygen atoms in total. The number of hydrogen-bond acceptors (Lipinski definition) is 3. The van der Waals surface area contributed by atoms with Crippen LogP contribution in [0.15, 0.2) is 0 Å². The van der Waals surface area contributed by atoms with E-state index >= 15 is 0 Å². The highest BCUT2D eigenvalue weighted by Gasteiger charge is 2.32. The van der Waals surface area contributed by atoms with Crippen LogP contribution in [0.1, 0.15) is 79.6 Å². The van der Waals surface area contributed by atoms with Crippen LogP contribution >= 0.6 is 0 Å². The fourth-order valence-corrected chi connectivity index (χ4v) is 3.91. The maximum atomic E-state index is 11.8. The van der Waals surface area contributed by atoms with Crippen LogP contribution in [0, 0.1) is 5.41 Å². The molecule has 0 aliphatic heterocycles. The summed E-state index contributed by atoms with van der Waals surface area (Å²) in [5.74, 6) is 0. The lowest BCUT2D eigenvalue weighted by Crippen LogP contribution is -2.43. The second kappa shape index (κ2) is 6.77. The van der Waals surface area contributed by atoms with Gasteiger partial charge in [-0.05, 0) is 64.7 Å². The quantitative estimate of drug-likeness (QED) is 0.828. The molecule has 4 heteroatoms. The van der Waals surface area contributed by atoms with E-state index in [1.54, 1.807) is 0 Å². The van der Waals surface area contributed by atoms with Crippen LogP contribution in [0.2, 0.25) is 0 Å². The van der Waals surface area contributed by atoms with Gasteiger partial charge >= 0.3 is 6.09 Å². The van der Waals surface area contributed by atoms with Gasteiger partial charge in [-0.15, -0.1) is 0 Å². The van der Waals surface area contributed by atoms with Crippen molar-refractivity contribution in [2.75, 3.05) is 0 Å². The van der Waals surface area contributed by atoms with Crippen LogP contribution < -0.4 is 10.6 Å². The van der Waals surface area contributed by atoms with Crippen LogP contribution in [0.25, 0.3) is 0 Å². The largest absolute Gasteiger partial charge is 0.444 e. The Morgan fingerprint density at radius 1 is 1.09 bits per heavy atom. The van der Waals surface area contributed by atoms with Gasteiger partial charge in [-0.25, -0.2) is 4.79 Å². The highest BCUT2D eigenvalue weighted by molar-refractivity contribution is 5.68. The Kier molecular flexibility index (Phi) is 5.41. The summed E-state index contributed by atoms with van der Waals surface area (Å²) < 4.78 is 5.34. The number of ether oxygens (including phenoxy) is 1. The molecule has 0 saturated heterocycles. The van der Waals surface area contributed by atoms with E-state index in [9.17, 15) is 4.79 Å². The first-order valence-electron chi connectivity index (χ1n) is 8.88. The van der Waals surface area contributed by atoms with Crippen molar-refractivity contribution < 1.29 is 9.53 Å². The Morgan fingerprint density at radius 2 is 1.77 bits per heavy atom. The fraction of sp³-hybridized carbons (Fsp3) is 0.944. The Hall–Kier alpha value is -0.770. The fourth-order valence-electron chi connectivity index (χ4n) is 3.91. The molecule has 3 unspecified atom stereocenters. The molecule has 2 N–H and O–H groups in total. The summed E-state index contributed by atoms with van der Waals surface area (Å²) in [6.07, 6.45) is 8.19. The second-order valence-electron chi connectivity index (χ2n) is 8.98. The van der Waals surface area contributed by atoms with E-state index in [1.807, 2.05) is 20.8 Å². The van der Waals surface area contributed by atoms with E-state index < -0.39 is 5.60 Å². The van der Waals surface area contributed by atoms with E-state index in [0.29, 0.717) is 17.5 Å². The molecule has 2 aliphatic carbocycles. The van der Waals surface area contributed by atoms with Gasteiger partial charge < -0.3 is 15.4 Å². The lowest BCUT2D eigenvalue weighted by molar-refractivity contribution is 0.0505. The zero-order chi connectivity index (χ0) is 16.4. The number of alkyl carbamates (subject to hydrolysis) is 1. The van der Waals surface area contributed by atoms with Crippen LogP contribution in [-0.4, -0.2) is 29.8 Å². The average Bonchev–Trinajstić information content (AvgIpc) is 2.72. The lowest BCUT2D eigenvalue weighted by atomic mass is 9.75. The van der Waals surface area contributed by atoms with Crippen LogP contribution in [-0.2, 0) is 4.74 Å². The van der Waals surface area contributed by atoms with Gasteiger partial charge in [0.25, 0.3) is 0 Å². The van der Waals surface area contributed by atoms with Crippen molar-refractivity contribution in [3.8, 4) is 0 Å². The molecule has 2 fully saturated rings. The first-order chi connectivity index (χ1) is 10.1. The zero-order valence-electron chi connectivity index (χ0n) is 15.0. The molecular formula is C18H34N2O2. The van der Waals surface area contributed by atoms with Gasteiger partial charge in [-0.2, -0.15) is 0 Å². The Balaban J connectivity index is 1.72. The van der Waals surface area contributed by atoms with Crippen LogP contribution in [0.4, 0.5) is 4.79 Å². The summed E-state index contributed by atoms with van der Waals surface area (Å²) in [5.41, 5.74) is 0.0523. The summed E-state index contributed by atoms with van der Waals surface area (Å²) in [7, 11) is 0. The lowest BCUT2D eigenvalue weighted by Gasteiger charge is -2.37. The standard InChI is InChI=1S/C18H34N2O2/c1-17(2,3)22-16(21)20-14-9-8-13(11-14)19-15-7-6-10-18(4,5)12-15/h13-15,19H,6-12H2,1-5H3,(H,20,21).